The van der Waals surface area contributed by atoms with Gasteiger partial charge in [-0.25, -0.2) is 9.18 Å². The fraction of sp³-hybridized carbons (Fsp3) is 0.130. The van der Waals surface area contributed by atoms with Gasteiger partial charge in [-0.3, -0.25) is 0 Å². The van der Waals surface area contributed by atoms with Gasteiger partial charge in [-0.05, 0) is 60.7 Å². The number of hydrogen-bond acceptors (Lipinski definition) is 6. The minimum absolute atomic E-state index is 0.0483. The van der Waals surface area contributed by atoms with Gasteiger partial charge in [0, 0.05) is 5.56 Å². The van der Waals surface area contributed by atoms with Crippen LogP contribution in [0.1, 0.15) is 0 Å². The molecule has 1 unspecified atom stereocenters. The normalized spacial score (nSPS) is 11.8. The Morgan fingerprint density at radius 2 is 1.58 bits per heavy atom. The van der Waals surface area contributed by atoms with Crippen molar-refractivity contribution in [2.75, 3.05) is 6.61 Å². The SMILES string of the molecule is O=c1oc(-c2ccc(F)cc2)nn1CC(O)COc1ccc(Oc2ccccc2)cc1. The Kier molecular flexibility index (Phi) is 6.09. The first-order chi connectivity index (χ1) is 15.1. The molecule has 0 bridgehead atoms. The third-order valence-electron chi connectivity index (χ3n) is 4.33. The van der Waals surface area contributed by atoms with Gasteiger partial charge in [-0.2, -0.15) is 4.68 Å². The summed E-state index contributed by atoms with van der Waals surface area (Å²) in [5.41, 5.74) is 0.459. The van der Waals surface area contributed by atoms with Crippen molar-refractivity contribution in [2.45, 2.75) is 12.6 Å². The van der Waals surface area contributed by atoms with Crippen LogP contribution in [0.25, 0.3) is 11.5 Å². The summed E-state index contributed by atoms with van der Waals surface area (Å²) >= 11 is 0. The van der Waals surface area contributed by atoms with Crippen molar-refractivity contribution in [3.63, 3.8) is 0 Å². The first-order valence-corrected chi connectivity index (χ1v) is 9.54. The molecule has 0 saturated heterocycles. The molecule has 1 N–H and O–H groups in total. The van der Waals surface area contributed by atoms with Gasteiger partial charge in [0.1, 0.15) is 35.8 Å². The molecule has 1 heterocycles. The first kappa shape index (κ1) is 20.4. The molecular weight excluding hydrogens is 403 g/mol. The molecule has 0 fully saturated rings. The highest BCUT2D eigenvalue weighted by molar-refractivity contribution is 5.51. The van der Waals surface area contributed by atoms with E-state index < -0.39 is 17.7 Å². The largest absolute Gasteiger partial charge is 0.491 e. The molecule has 31 heavy (non-hydrogen) atoms. The molecule has 1 aromatic heterocycles. The molecule has 158 valence electrons. The number of aliphatic hydroxyl groups excluding tert-OH is 1. The summed E-state index contributed by atoms with van der Waals surface area (Å²) in [6.45, 7) is -0.164. The summed E-state index contributed by atoms with van der Waals surface area (Å²) in [7, 11) is 0. The maximum absolute atomic E-state index is 13.0. The van der Waals surface area contributed by atoms with Crippen molar-refractivity contribution in [1.82, 2.24) is 9.78 Å². The Labute approximate surface area is 176 Å². The number of para-hydroxylation sites is 1. The summed E-state index contributed by atoms with van der Waals surface area (Å²) in [6.07, 6.45) is -0.996. The molecular formula is C23H19FN2O5. The summed E-state index contributed by atoms with van der Waals surface area (Å²) in [5, 5.41) is 14.3. The predicted molar refractivity (Wildman–Crippen MR) is 111 cm³/mol. The van der Waals surface area contributed by atoms with Crippen LogP contribution in [0.5, 0.6) is 17.2 Å². The highest BCUT2D eigenvalue weighted by Crippen LogP contribution is 2.23. The lowest BCUT2D eigenvalue weighted by molar-refractivity contribution is 0.0875. The number of hydrogen-bond donors (Lipinski definition) is 1. The Morgan fingerprint density at radius 3 is 2.29 bits per heavy atom. The van der Waals surface area contributed by atoms with Gasteiger partial charge < -0.3 is 19.0 Å². The van der Waals surface area contributed by atoms with Crippen LogP contribution in [0.15, 0.2) is 88.1 Å². The van der Waals surface area contributed by atoms with E-state index in [-0.39, 0.29) is 19.0 Å². The molecule has 4 rings (SSSR count). The van der Waals surface area contributed by atoms with Crippen molar-refractivity contribution < 1.29 is 23.4 Å². The van der Waals surface area contributed by atoms with Crippen LogP contribution in [0, 0.1) is 5.82 Å². The van der Waals surface area contributed by atoms with Crippen molar-refractivity contribution in [3.05, 3.63) is 95.2 Å². The summed E-state index contributed by atoms with van der Waals surface area (Å²) < 4.78 is 30.4. The van der Waals surface area contributed by atoms with Crippen LogP contribution in [0.4, 0.5) is 4.39 Å². The second kappa shape index (κ2) is 9.27. The Hall–Kier alpha value is -3.91. The van der Waals surface area contributed by atoms with Crippen LogP contribution in [0.3, 0.4) is 0 Å². The molecule has 0 aliphatic rings. The van der Waals surface area contributed by atoms with E-state index in [1.807, 2.05) is 30.3 Å². The smallest absolute Gasteiger partial charge is 0.437 e. The Balaban J connectivity index is 1.31. The van der Waals surface area contributed by atoms with Crippen LogP contribution in [0.2, 0.25) is 0 Å². The van der Waals surface area contributed by atoms with Gasteiger partial charge >= 0.3 is 5.76 Å². The number of halogens is 1. The average Bonchev–Trinajstić information content (AvgIpc) is 3.14. The third-order valence-corrected chi connectivity index (χ3v) is 4.33. The standard InChI is InChI=1S/C23H19FN2O5/c24-17-8-6-16(7-9-17)22-25-26(23(28)31-22)14-18(27)15-29-19-10-12-21(13-11-19)30-20-4-2-1-3-5-20/h1-13,18,27H,14-15H2. The Bertz CT molecular complexity index is 1170. The van der Waals surface area contributed by atoms with E-state index in [2.05, 4.69) is 5.10 Å². The highest BCUT2D eigenvalue weighted by Gasteiger charge is 2.14. The number of ether oxygens (including phenoxy) is 2. The van der Waals surface area contributed by atoms with Crippen molar-refractivity contribution in [3.8, 4) is 28.7 Å². The van der Waals surface area contributed by atoms with Gasteiger partial charge in [-0.1, -0.05) is 18.2 Å². The van der Waals surface area contributed by atoms with E-state index in [1.54, 1.807) is 24.3 Å². The van der Waals surface area contributed by atoms with Crippen molar-refractivity contribution in [1.29, 1.82) is 0 Å². The summed E-state index contributed by atoms with van der Waals surface area (Å²) in [4.78, 5) is 12.0. The second-order valence-corrected chi connectivity index (χ2v) is 6.71. The fourth-order valence-corrected chi connectivity index (χ4v) is 2.80. The fourth-order valence-electron chi connectivity index (χ4n) is 2.80. The quantitative estimate of drug-likeness (QED) is 0.464. The predicted octanol–water partition coefficient (Wildman–Crippen LogP) is 3.87. The molecule has 0 spiro atoms. The molecule has 7 nitrogen and oxygen atoms in total. The van der Waals surface area contributed by atoms with Crippen molar-refractivity contribution >= 4 is 0 Å². The van der Waals surface area contributed by atoms with E-state index in [4.69, 9.17) is 13.9 Å². The molecule has 8 heteroatoms. The topological polar surface area (TPSA) is 86.7 Å². The lowest BCUT2D eigenvalue weighted by Crippen LogP contribution is -2.29. The zero-order valence-corrected chi connectivity index (χ0v) is 16.3. The van der Waals surface area contributed by atoms with Crippen LogP contribution < -0.4 is 15.2 Å². The maximum Gasteiger partial charge on any atom is 0.437 e. The van der Waals surface area contributed by atoms with Crippen LogP contribution >= 0.6 is 0 Å². The number of rotatable bonds is 8. The monoisotopic (exact) mass is 422 g/mol. The zero-order valence-electron chi connectivity index (χ0n) is 16.3. The van der Waals surface area contributed by atoms with E-state index in [1.165, 1.54) is 24.3 Å². The van der Waals surface area contributed by atoms with Crippen molar-refractivity contribution in [2.24, 2.45) is 0 Å². The van der Waals surface area contributed by atoms with Crippen LogP contribution in [-0.2, 0) is 6.54 Å². The molecule has 0 aliphatic carbocycles. The maximum atomic E-state index is 13.0. The number of aromatic nitrogens is 2. The van der Waals surface area contributed by atoms with Gasteiger partial charge in [0.2, 0.25) is 5.89 Å². The Morgan fingerprint density at radius 1 is 0.935 bits per heavy atom. The molecule has 0 saturated carbocycles. The van der Waals surface area contributed by atoms with Gasteiger partial charge in [0.05, 0.1) is 6.54 Å². The molecule has 1 atom stereocenters. The first-order valence-electron chi connectivity index (χ1n) is 9.54. The summed E-state index contributed by atoms with van der Waals surface area (Å²) in [5.74, 6) is 0.843. The molecule has 3 aromatic carbocycles. The van der Waals surface area contributed by atoms with Gasteiger partial charge in [0.25, 0.3) is 0 Å². The molecule has 0 amide bonds. The number of aliphatic hydroxyl groups is 1. The third kappa shape index (κ3) is 5.37. The van der Waals surface area contributed by atoms with E-state index in [0.717, 1.165) is 10.4 Å². The zero-order chi connectivity index (χ0) is 21.6. The lowest BCUT2D eigenvalue weighted by atomic mass is 10.2. The molecule has 0 radical (unpaired) electrons. The minimum Gasteiger partial charge on any atom is -0.491 e. The van der Waals surface area contributed by atoms with Gasteiger partial charge in [-0.15, -0.1) is 5.10 Å². The number of nitrogens with zero attached hydrogens (tertiary/aromatic N) is 2. The van der Waals surface area contributed by atoms with Gasteiger partial charge in [0.15, 0.2) is 0 Å². The van der Waals surface area contributed by atoms with E-state index in [0.29, 0.717) is 17.1 Å². The lowest BCUT2D eigenvalue weighted by Gasteiger charge is -2.12. The number of benzene rings is 3. The van der Waals surface area contributed by atoms with Crippen LogP contribution in [-0.4, -0.2) is 27.6 Å². The van der Waals surface area contributed by atoms with E-state index >= 15 is 0 Å². The average molecular weight is 422 g/mol. The summed E-state index contributed by atoms with van der Waals surface area (Å²) in [6, 6.07) is 21.7. The van der Waals surface area contributed by atoms with E-state index in [9.17, 15) is 14.3 Å². The highest BCUT2D eigenvalue weighted by atomic mass is 19.1. The molecule has 4 aromatic rings. The second-order valence-electron chi connectivity index (χ2n) is 6.71. The molecule has 0 aliphatic heterocycles. The minimum atomic E-state index is -0.996.